The fraction of sp³-hybridized carbons (Fsp3) is 0.786. The summed E-state index contributed by atoms with van der Waals surface area (Å²) in [6, 6.07) is -0.403. The molecule has 0 spiro atoms. The highest BCUT2D eigenvalue weighted by molar-refractivity contribution is 5.91. The van der Waals surface area contributed by atoms with E-state index in [4.69, 9.17) is 5.11 Å². The van der Waals surface area contributed by atoms with E-state index < -0.39 is 11.5 Å². The van der Waals surface area contributed by atoms with Gasteiger partial charge < -0.3 is 19.8 Å². The van der Waals surface area contributed by atoms with E-state index in [0.717, 1.165) is 0 Å². The molecular weight excluding hydrogens is 274 g/mol. The molecule has 0 bridgehead atoms. The summed E-state index contributed by atoms with van der Waals surface area (Å²) in [6.07, 6.45) is -0.105. The lowest BCUT2D eigenvalue weighted by Crippen LogP contribution is -2.66. The zero-order valence-electron chi connectivity index (χ0n) is 13.4. The van der Waals surface area contributed by atoms with Crippen LogP contribution >= 0.6 is 0 Å². The summed E-state index contributed by atoms with van der Waals surface area (Å²) < 4.78 is 0. The molecule has 1 aliphatic heterocycles. The lowest BCUT2D eigenvalue weighted by molar-refractivity contribution is -0.145. The molecule has 120 valence electrons. The molecule has 1 rings (SSSR count). The van der Waals surface area contributed by atoms with Crippen molar-refractivity contribution in [2.75, 3.05) is 26.7 Å². The lowest BCUT2D eigenvalue weighted by Gasteiger charge is -2.46. The Morgan fingerprint density at radius 2 is 1.90 bits per heavy atom. The topological polar surface area (TPSA) is 81.2 Å². The van der Waals surface area contributed by atoms with Gasteiger partial charge in [0.25, 0.3) is 0 Å². The quantitative estimate of drug-likeness (QED) is 0.834. The molecule has 0 atom stereocenters. The zero-order valence-corrected chi connectivity index (χ0v) is 13.4. The number of rotatable bonds is 4. The number of urea groups is 1. The average Bonchev–Trinajstić information content (AvgIpc) is 2.35. The number of carbonyl (C=O) groups excluding carboxylic acids is 2. The second kappa shape index (κ2) is 6.32. The summed E-state index contributed by atoms with van der Waals surface area (Å²) in [7, 11) is 1.72. The summed E-state index contributed by atoms with van der Waals surface area (Å²) >= 11 is 0. The maximum atomic E-state index is 12.7. The number of carboxylic acids is 1. The minimum atomic E-state index is -0.942. The van der Waals surface area contributed by atoms with Gasteiger partial charge in [-0.25, -0.2) is 4.79 Å². The first-order valence-corrected chi connectivity index (χ1v) is 7.14. The van der Waals surface area contributed by atoms with Crippen molar-refractivity contribution in [1.29, 1.82) is 0 Å². The third-order valence-corrected chi connectivity index (χ3v) is 3.87. The molecule has 0 aliphatic carbocycles. The molecule has 0 aromatic heterocycles. The second-order valence-electron chi connectivity index (χ2n) is 6.15. The normalized spacial score (nSPS) is 18.1. The minimum absolute atomic E-state index is 0.105. The van der Waals surface area contributed by atoms with E-state index in [-0.39, 0.29) is 30.9 Å². The van der Waals surface area contributed by atoms with Crippen molar-refractivity contribution in [3.05, 3.63) is 0 Å². The number of piperazine rings is 1. The SMILES string of the molecule is CC(C)N(CCC(=O)O)C(=O)N1CCN(C)C(=O)C1(C)C. The minimum Gasteiger partial charge on any atom is -0.481 e. The van der Waals surface area contributed by atoms with Gasteiger partial charge in [-0.1, -0.05) is 0 Å². The molecule has 7 heteroatoms. The van der Waals surface area contributed by atoms with Crippen LogP contribution in [0.25, 0.3) is 0 Å². The van der Waals surface area contributed by atoms with Gasteiger partial charge in [0.15, 0.2) is 0 Å². The monoisotopic (exact) mass is 299 g/mol. The van der Waals surface area contributed by atoms with Crippen LogP contribution in [0, 0.1) is 0 Å². The number of hydrogen-bond acceptors (Lipinski definition) is 3. The van der Waals surface area contributed by atoms with Crippen molar-refractivity contribution in [2.45, 2.75) is 45.7 Å². The molecule has 21 heavy (non-hydrogen) atoms. The Morgan fingerprint density at radius 1 is 1.33 bits per heavy atom. The van der Waals surface area contributed by atoms with Crippen LogP contribution in [0.2, 0.25) is 0 Å². The molecular formula is C14H25N3O4. The van der Waals surface area contributed by atoms with Gasteiger partial charge in [0, 0.05) is 32.7 Å². The predicted molar refractivity (Wildman–Crippen MR) is 77.9 cm³/mol. The van der Waals surface area contributed by atoms with Crippen molar-refractivity contribution >= 4 is 17.9 Å². The number of nitrogens with zero attached hydrogens (tertiary/aromatic N) is 3. The predicted octanol–water partition coefficient (Wildman–Crippen LogP) is 0.844. The first-order valence-electron chi connectivity index (χ1n) is 7.14. The van der Waals surface area contributed by atoms with E-state index in [0.29, 0.717) is 13.1 Å². The Morgan fingerprint density at radius 3 is 2.38 bits per heavy atom. The fourth-order valence-electron chi connectivity index (χ4n) is 2.49. The van der Waals surface area contributed by atoms with Crippen molar-refractivity contribution < 1.29 is 19.5 Å². The summed E-state index contributed by atoms with van der Waals surface area (Å²) in [4.78, 5) is 40.3. The Bertz CT molecular complexity index is 434. The molecule has 1 aliphatic rings. The fourth-order valence-corrected chi connectivity index (χ4v) is 2.49. The highest BCUT2D eigenvalue weighted by atomic mass is 16.4. The third-order valence-electron chi connectivity index (χ3n) is 3.87. The van der Waals surface area contributed by atoms with Crippen LogP contribution in [0.3, 0.4) is 0 Å². The van der Waals surface area contributed by atoms with Crippen LogP contribution in [-0.4, -0.2) is 76.0 Å². The number of carbonyl (C=O) groups is 3. The summed E-state index contributed by atoms with van der Waals surface area (Å²) in [5.41, 5.74) is -0.916. The van der Waals surface area contributed by atoms with Crippen molar-refractivity contribution in [1.82, 2.24) is 14.7 Å². The van der Waals surface area contributed by atoms with E-state index in [1.165, 1.54) is 9.80 Å². The Hall–Kier alpha value is -1.79. The molecule has 0 aromatic carbocycles. The van der Waals surface area contributed by atoms with Crippen molar-refractivity contribution in [3.63, 3.8) is 0 Å². The van der Waals surface area contributed by atoms with Gasteiger partial charge in [0.05, 0.1) is 6.42 Å². The molecule has 3 amide bonds. The number of likely N-dealkylation sites (N-methyl/N-ethyl adjacent to an activating group) is 1. The molecule has 0 radical (unpaired) electrons. The smallest absolute Gasteiger partial charge is 0.321 e. The molecule has 1 saturated heterocycles. The van der Waals surface area contributed by atoms with Gasteiger partial charge in [0.2, 0.25) is 5.91 Å². The van der Waals surface area contributed by atoms with E-state index in [2.05, 4.69) is 0 Å². The lowest BCUT2D eigenvalue weighted by atomic mass is 9.98. The molecule has 0 saturated carbocycles. The summed E-state index contributed by atoms with van der Waals surface area (Å²) in [5.74, 6) is -1.05. The van der Waals surface area contributed by atoms with Crippen LogP contribution in [0.4, 0.5) is 4.79 Å². The molecule has 7 nitrogen and oxygen atoms in total. The van der Waals surface area contributed by atoms with Gasteiger partial charge in [-0.05, 0) is 27.7 Å². The Balaban J connectivity index is 2.92. The van der Waals surface area contributed by atoms with Crippen molar-refractivity contribution in [2.24, 2.45) is 0 Å². The van der Waals surface area contributed by atoms with Gasteiger partial charge in [-0.2, -0.15) is 0 Å². The van der Waals surface area contributed by atoms with Crippen LogP contribution < -0.4 is 0 Å². The molecule has 1 fully saturated rings. The zero-order chi connectivity index (χ0) is 16.4. The number of amides is 3. The molecule has 0 unspecified atom stereocenters. The summed E-state index contributed by atoms with van der Waals surface area (Å²) in [5, 5.41) is 8.80. The maximum absolute atomic E-state index is 12.7. The highest BCUT2D eigenvalue weighted by Crippen LogP contribution is 2.24. The standard InChI is InChI=1S/C14H25N3O4/c1-10(2)16(7-6-11(18)19)13(21)17-9-8-15(5)12(20)14(17,3)4/h10H,6-9H2,1-5H3,(H,18,19). The van der Waals surface area contributed by atoms with Crippen LogP contribution in [0.15, 0.2) is 0 Å². The van der Waals surface area contributed by atoms with Crippen LogP contribution in [0.1, 0.15) is 34.1 Å². The number of carboxylic acid groups (broad SMARTS) is 1. The van der Waals surface area contributed by atoms with E-state index in [1.54, 1.807) is 25.8 Å². The Labute approximate surface area is 125 Å². The van der Waals surface area contributed by atoms with Crippen LogP contribution in [-0.2, 0) is 9.59 Å². The van der Waals surface area contributed by atoms with Gasteiger partial charge in [-0.15, -0.1) is 0 Å². The van der Waals surface area contributed by atoms with Gasteiger partial charge in [0.1, 0.15) is 5.54 Å². The Kier molecular flexibility index (Phi) is 5.20. The van der Waals surface area contributed by atoms with Crippen molar-refractivity contribution in [3.8, 4) is 0 Å². The molecule has 1 heterocycles. The summed E-state index contributed by atoms with van der Waals surface area (Å²) in [6.45, 7) is 8.19. The third kappa shape index (κ3) is 3.65. The first-order chi connectivity index (χ1) is 9.59. The van der Waals surface area contributed by atoms with Gasteiger partial charge in [-0.3, -0.25) is 9.59 Å². The van der Waals surface area contributed by atoms with Crippen LogP contribution in [0.5, 0.6) is 0 Å². The largest absolute Gasteiger partial charge is 0.481 e. The number of aliphatic carboxylic acids is 1. The number of hydrogen-bond donors (Lipinski definition) is 1. The van der Waals surface area contributed by atoms with E-state index in [9.17, 15) is 14.4 Å². The highest BCUT2D eigenvalue weighted by Gasteiger charge is 2.44. The molecule has 1 N–H and O–H groups in total. The second-order valence-corrected chi connectivity index (χ2v) is 6.15. The van der Waals surface area contributed by atoms with E-state index in [1.807, 2.05) is 13.8 Å². The van der Waals surface area contributed by atoms with E-state index >= 15 is 0 Å². The average molecular weight is 299 g/mol. The maximum Gasteiger partial charge on any atom is 0.321 e. The van der Waals surface area contributed by atoms with Gasteiger partial charge >= 0.3 is 12.0 Å². The molecule has 0 aromatic rings. The first kappa shape index (κ1) is 17.3.